The lowest BCUT2D eigenvalue weighted by Crippen LogP contribution is -2.53. The van der Waals surface area contributed by atoms with Gasteiger partial charge in [-0.25, -0.2) is 0 Å². The highest BCUT2D eigenvalue weighted by Gasteiger charge is 2.47. The van der Waals surface area contributed by atoms with Gasteiger partial charge in [0.1, 0.15) is 0 Å². The highest BCUT2D eigenvalue weighted by Crippen LogP contribution is 2.51. The Kier molecular flexibility index (Phi) is 2.66. The average Bonchev–Trinajstić information content (AvgIpc) is 2.13. The molecule has 1 aliphatic carbocycles. The summed E-state index contributed by atoms with van der Waals surface area (Å²) in [6, 6.07) is 8.90. The topological polar surface area (TPSA) is 26.0 Å². The Morgan fingerprint density at radius 3 is 1.82 bits per heavy atom. The van der Waals surface area contributed by atoms with E-state index in [1.807, 2.05) is 0 Å². The van der Waals surface area contributed by atoms with Crippen molar-refractivity contribution < 1.29 is 0 Å². The predicted octanol–water partition coefficient (Wildman–Crippen LogP) is 3.96. The second-order valence-electron chi connectivity index (χ2n) is 7.50. The van der Waals surface area contributed by atoms with Gasteiger partial charge in [0, 0.05) is 5.54 Å². The fourth-order valence-corrected chi connectivity index (χ4v) is 3.16. The molecule has 1 fully saturated rings. The first-order valence-corrected chi connectivity index (χ1v) is 6.52. The van der Waals surface area contributed by atoms with Crippen LogP contribution in [-0.2, 0) is 11.0 Å². The normalized spacial score (nSPS) is 22.0. The highest BCUT2D eigenvalue weighted by atomic mass is 14.8. The Morgan fingerprint density at radius 1 is 1.00 bits per heavy atom. The molecule has 0 aromatic heterocycles. The molecule has 1 aliphatic rings. The van der Waals surface area contributed by atoms with Crippen LogP contribution in [0.1, 0.15) is 58.6 Å². The Labute approximate surface area is 105 Å². The van der Waals surface area contributed by atoms with Crippen LogP contribution in [0.4, 0.5) is 0 Å². The maximum atomic E-state index is 6.46. The van der Waals surface area contributed by atoms with Gasteiger partial charge in [-0.3, -0.25) is 0 Å². The smallest absolute Gasteiger partial charge is 0.0419 e. The van der Waals surface area contributed by atoms with Crippen LogP contribution < -0.4 is 5.73 Å². The molecule has 0 aliphatic heterocycles. The first-order chi connectivity index (χ1) is 7.62. The maximum Gasteiger partial charge on any atom is 0.0419 e. The first-order valence-electron chi connectivity index (χ1n) is 6.52. The monoisotopic (exact) mass is 231 g/mol. The van der Waals surface area contributed by atoms with Crippen molar-refractivity contribution in [1.29, 1.82) is 0 Å². The minimum Gasteiger partial charge on any atom is -0.321 e. The van der Waals surface area contributed by atoms with Crippen LogP contribution in [0, 0.1) is 5.41 Å². The number of nitrogens with two attached hydrogens (primary N) is 1. The Hall–Kier alpha value is -0.820. The van der Waals surface area contributed by atoms with E-state index in [0.29, 0.717) is 5.41 Å². The molecule has 0 saturated heterocycles. The molecule has 0 unspecified atom stereocenters. The van der Waals surface area contributed by atoms with E-state index in [4.69, 9.17) is 5.73 Å². The van der Waals surface area contributed by atoms with E-state index in [0.717, 1.165) is 12.8 Å². The molecule has 2 N–H and O–H groups in total. The van der Waals surface area contributed by atoms with Gasteiger partial charge < -0.3 is 5.73 Å². The molecule has 1 aromatic carbocycles. The summed E-state index contributed by atoms with van der Waals surface area (Å²) in [5, 5.41) is 0. The summed E-state index contributed by atoms with van der Waals surface area (Å²) in [5.41, 5.74) is 9.69. The maximum absolute atomic E-state index is 6.46. The van der Waals surface area contributed by atoms with Crippen molar-refractivity contribution >= 4 is 0 Å². The number of rotatable bonds is 1. The van der Waals surface area contributed by atoms with Gasteiger partial charge in [0.2, 0.25) is 0 Å². The van der Waals surface area contributed by atoms with Crippen LogP contribution in [0.5, 0.6) is 0 Å². The number of hydrogen-bond donors (Lipinski definition) is 1. The molecule has 0 bridgehead atoms. The quantitative estimate of drug-likeness (QED) is 0.778. The minimum atomic E-state index is -0.0834. The van der Waals surface area contributed by atoms with E-state index >= 15 is 0 Å². The molecular formula is C16H25N. The molecule has 1 aromatic rings. The molecule has 17 heavy (non-hydrogen) atoms. The van der Waals surface area contributed by atoms with Crippen molar-refractivity contribution in [1.82, 2.24) is 0 Å². The van der Waals surface area contributed by atoms with Crippen LogP contribution in [0.25, 0.3) is 0 Å². The van der Waals surface area contributed by atoms with E-state index < -0.39 is 0 Å². The number of benzene rings is 1. The van der Waals surface area contributed by atoms with Gasteiger partial charge in [-0.15, -0.1) is 0 Å². The molecular weight excluding hydrogens is 206 g/mol. The summed E-state index contributed by atoms with van der Waals surface area (Å²) in [4.78, 5) is 0. The minimum absolute atomic E-state index is 0.0834. The fraction of sp³-hybridized carbons (Fsp3) is 0.625. The van der Waals surface area contributed by atoms with E-state index in [1.54, 1.807) is 0 Å². The predicted molar refractivity (Wildman–Crippen MR) is 74.0 cm³/mol. The summed E-state index contributed by atoms with van der Waals surface area (Å²) in [7, 11) is 0. The van der Waals surface area contributed by atoms with Gasteiger partial charge in [-0.2, -0.15) is 0 Å². The van der Waals surface area contributed by atoms with E-state index in [1.165, 1.54) is 11.1 Å². The zero-order valence-corrected chi connectivity index (χ0v) is 11.8. The second kappa shape index (κ2) is 3.58. The van der Waals surface area contributed by atoms with Crippen molar-refractivity contribution in [3.05, 3.63) is 35.4 Å². The summed E-state index contributed by atoms with van der Waals surface area (Å²) in [6.45, 7) is 11.3. The molecule has 0 spiro atoms. The lowest BCUT2D eigenvalue weighted by atomic mass is 9.57. The molecule has 94 valence electrons. The van der Waals surface area contributed by atoms with Crippen molar-refractivity contribution in [2.45, 2.75) is 58.4 Å². The second-order valence-corrected chi connectivity index (χ2v) is 7.50. The molecule has 1 nitrogen and oxygen atoms in total. The van der Waals surface area contributed by atoms with E-state index in [9.17, 15) is 0 Å². The average molecular weight is 231 g/mol. The van der Waals surface area contributed by atoms with Crippen molar-refractivity contribution in [3.63, 3.8) is 0 Å². The molecule has 1 heteroatoms. The van der Waals surface area contributed by atoms with Crippen LogP contribution in [0.3, 0.4) is 0 Å². The molecule has 1 saturated carbocycles. The van der Waals surface area contributed by atoms with Gasteiger partial charge >= 0.3 is 0 Å². The molecule has 2 rings (SSSR count). The van der Waals surface area contributed by atoms with Crippen LogP contribution in [0.15, 0.2) is 24.3 Å². The lowest BCUT2D eigenvalue weighted by molar-refractivity contribution is 0.0618. The van der Waals surface area contributed by atoms with Crippen LogP contribution >= 0.6 is 0 Å². The van der Waals surface area contributed by atoms with Gasteiger partial charge in [-0.1, -0.05) is 58.9 Å². The van der Waals surface area contributed by atoms with E-state index in [-0.39, 0.29) is 11.0 Å². The number of hydrogen-bond acceptors (Lipinski definition) is 1. The standard InChI is InChI=1S/C16H25N/c1-14(2,3)12-6-8-13(9-7-12)16(17)10-15(4,5)11-16/h6-9H,10-11,17H2,1-5H3. The largest absolute Gasteiger partial charge is 0.321 e. The molecule has 0 radical (unpaired) electrons. The summed E-state index contributed by atoms with van der Waals surface area (Å²) in [6.07, 6.45) is 2.18. The van der Waals surface area contributed by atoms with Crippen molar-refractivity contribution in [2.75, 3.05) is 0 Å². The molecule has 0 amide bonds. The zero-order valence-electron chi connectivity index (χ0n) is 11.8. The van der Waals surface area contributed by atoms with Gasteiger partial charge in [0.05, 0.1) is 0 Å². The van der Waals surface area contributed by atoms with Crippen molar-refractivity contribution in [3.8, 4) is 0 Å². The van der Waals surface area contributed by atoms with Gasteiger partial charge in [0.25, 0.3) is 0 Å². The highest BCUT2D eigenvalue weighted by molar-refractivity contribution is 5.34. The lowest BCUT2D eigenvalue weighted by Gasteiger charge is -2.51. The summed E-state index contributed by atoms with van der Waals surface area (Å²) < 4.78 is 0. The zero-order chi connectivity index (χ0) is 12.9. The SMILES string of the molecule is CC1(C)CC(N)(c2ccc(C(C)(C)C)cc2)C1. The molecule has 0 atom stereocenters. The summed E-state index contributed by atoms with van der Waals surface area (Å²) in [5.74, 6) is 0. The van der Waals surface area contributed by atoms with Gasteiger partial charge in [0.15, 0.2) is 0 Å². The third kappa shape index (κ3) is 2.40. The Bertz CT molecular complexity index is 398. The van der Waals surface area contributed by atoms with Gasteiger partial charge in [-0.05, 0) is 34.8 Å². The molecule has 0 heterocycles. The summed E-state index contributed by atoms with van der Waals surface area (Å²) >= 11 is 0. The Morgan fingerprint density at radius 2 is 1.47 bits per heavy atom. The van der Waals surface area contributed by atoms with Crippen LogP contribution in [0.2, 0.25) is 0 Å². The third-order valence-electron chi connectivity index (χ3n) is 3.91. The third-order valence-corrected chi connectivity index (χ3v) is 3.91. The fourth-order valence-electron chi connectivity index (χ4n) is 3.16. The Balaban J connectivity index is 2.20. The van der Waals surface area contributed by atoms with E-state index in [2.05, 4.69) is 58.9 Å². The van der Waals surface area contributed by atoms with Crippen LogP contribution in [-0.4, -0.2) is 0 Å². The van der Waals surface area contributed by atoms with Crippen molar-refractivity contribution in [2.24, 2.45) is 11.1 Å². The first kappa shape index (κ1) is 12.6.